The Labute approximate surface area is 136 Å². The third-order valence-corrected chi connectivity index (χ3v) is 4.20. The molecule has 0 radical (unpaired) electrons. The molecule has 0 aliphatic rings. The second kappa shape index (κ2) is 7.69. The number of amides is 1. The van der Waals surface area contributed by atoms with E-state index in [1.54, 1.807) is 11.8 Å². The molecule has 0 atom stereocenters. The number of nitrogens with one attached hydrogen (secondary N) is 1. The minimum absolute atomic E-state index is 0.162. The lowest BCUT2D eigenvalue weighted by Gasteiger charge is -2.07. The van der Waals surface area contributed by atoms with E-state index in [2.05, 4.69) is 5.32 Å². The summed E-state index contributed by atoms with van der Waals surface area (Å²) in [5, 5.41) is 3.53. The Kier molecular flexibility index (Phi) is 5.91. The third kappa shape index (κ3) is 5.23. The standard InChI is InChI=1S/C15H12Cl2FNOS/c16-10-1-4-12(5-2-10)21-8-7-15(20)19-14-6-3-11(18)9-13(14)17/h1-6,9H,7-8H2,(H,19,20). The molecule has 0 fully saturated rings. The van der Waals surface area contributed by atoms with Crippen LogP contribution in [0.4, 0.5) is 10.1 Å². The monoisotopic (exact) mass is 343 g/mol. The number of carbonyl (C=O) groups excluding carboxylic acids is 1. The highest BCUT2D eigenvalue weighted by Crippen LogP contribution is 2.24. The van der Waals surface area contributed by atoms with E-state index < -0.39 is 5.82 Å². The van der Waals surface area contributed by atoms with E-state index in [9.17, 15) is 9.18 Å². The van der Waals surface area contributed by atoms with E-state index in [0.717, 1.165) is 4.90 Å². The molecule has 110 valence electrons. The van der Waals surface area contributed by atoms with Crippen molar-refractivity contribution in [1.29, 1.82) is 0 Å². The van der Waals surface area contributed by atoms with Crippen LogP contribution < -0.4 is 5.32 Å². The van der Waals surface area contributed by atoms with Gasteiger partial charge >= 0.3 is 0 Å². The van der Waals surface area contributed by atoms with Gasteiger partial charge in [0.05, 0.1) is 10.7 Å². The van der Waals surface area contributed by atoms with Crippen LogP contribution in [0.2, 0.25) is 10.0 Å². The van der Waals surface area contributed by atoms with Gasteiger partial charge in [-0.3, -0.25) is 4.79 Å². The summed E-state index contributed by atoms with van der Waals surface area (Å²) < 4.78 is 12.9. The van der Waals surface area contributed by atoms with Crippen LogP contribution in [0, 0.1) is 5.82 Å². The first kappa shape index (κ1) is 16.1. The molecule has 2 nitrogen and oxygen atoms in total. The Bertz CT molecular complexity index is 634. The van der Waals surface area contributed by atoms with Gasteiger partial charge in [0.2, 0.25) is 5.91 Å². The summed E-state index contributed by atoms with van der Waals surface area (Å²) in [6, 6.07) is 11.3. The molecule has 0 aromatic heterocycles. The lowest BCUT2D eigenvalue weighted by atomic mass is 10.3. The van der Waals surface area contributed by atoms with Gasteiger partial charge in [-0.05, 0) is 42.5 Å². The number of carbonyl (C=O) groups is 1. The number of hydrogen-bond acceptors (Lipinski definition) is 2. The lowest BCUT2D eigenvalue weighted by Crippen LogP contribution is -2.12. The molecule has 1 amide bonds. The van der Waals surface area contributed by atoms with Gasteiger partial charge in [0.15, 0.2) is 0 Å². The van der Waals surface area contributed by atoms with Gasteiger partial charge in [-0.2, -0.15) is 0 Å². The molecular weight excluding hydrogens is 332 g/mol. The SMILES string of the molecule is O=C(CCSc1ccc(Cl)cc1)Nc1ccc(F)cc1Cl. The van der Waals surface area contributed by atoms with Crippen LogP contribution in [0.3, 0.4) is 0 Å². The van der Waals surface area contributed by atoms with Gasteiger partial charge in [0, 0.05) is 22.1 Å². The predicted molar refractivity (Wildman–Crippen MR) is 86.8 cm³/mol. The molecule has 2 aromatic carbocycles. The first-order valence-corrected chi connectivity index (χ1v) is 7.92. The zero-order valence-electron chi connectivity index (χ0n) is 10.9. The fourth-order valence-corrected chi connectivity index (χ4v) is 2.79. The summed E-state index contributed by atoms with van der Waals surface area (Å²) in [7, 11) is 0. The fourth-order valence-electron chi connectivity index (χ4n) is 1.60. The van der Waals surface area contributed by atoms with Crippen molar-refractivity contribution in [3.8, 4) is 0 Å². The molecule has 0 saturated carbocycles. The van der Waals surface area contributed by atoms with Gasteiger partial charge in [-0.25, -0.2) is 4.39 Å². The van der Waals surface area contributed by atoms with Crippen molar-refractivity contribution in [2.75, 3.05) is 11.1 Å². The maximum Gasteiger partial charge on any atom is 0.225 e. The van der Waals surface area contributed by atoms with Gasteiger partial charge in [-0.1, -0.05) is 23.2 Å². The average Bonchev–Trinajstić information content (AvgIpc) is 2.44. The highest BCUT2D eigenvalue weighted by atomic mass is 35.5. The predicted octanol–water partition coefficient (Wildman–Crippen LogP) is 5.25. The maximum atomic E-state index is 12.9. The summed E-state index contributed by atoms with van der Waals surface area (Å²) in [6.45, 7) is 0. The Morgan fingerprint density at radius 3 is 2.52 bits per heavy atom. The molecule has 21 heavy (non-hydrogen) atoms. The molecule has 0 saturated heterocycles. The molecule has 0 heterocycles. The van der Waals surface area contributed by atoms with Crippen LogP contribution in [-0.4, -0.2) is 11.7 Å². The minimum Gasteiger partial charge on any atom is -0.325 e. The molecule has 1 N–H and O–H groups in total. The summed E-state index contributed by atoms with van der Waals surface area (Å²) >= 11 is 13.2. The van der Waals surface area contributed by atoms with Crippen molar-refractivity contribution >= 4 is 46.6 Å². The minimum atomic E-state index is -0.434. The Morgan fingerprint density at radius 2 is 1.86 bits per heavy atom. The van der Waals surface area contributed by atoms with E-state index in [1.165, 1.54) is 18.2 Å². The second-order valence-electron chi connectivity index (χ2n) is 4.22. The van der Waals surface area contributed by atoms with Crippen molar-refractivity contribution in [3.63, 3.8) is 0 Å². The van der Waals surface area contributed by atoms with Gasteiger partial charge < -0.3 is 5.32 Å². The van der Waals surface area contributed by atoms with E-state index in [-0.39, 0.29) is 10.9 Å². The van der Waals surface area contributed by atoms with Crippen LogP contribution in [0.5, 0.6) is 0 Å². The third-order valence-electron chi connectivity index (χ3n) is 2.62. The highest BCUT2D eigenvalue weighted by Gasteiger charge is 2.07. The summed E-state index contributed by atoms with van der Waals surface area (Å²) in [6.07, 6.45) is 0.334. The van der Waals surface area contributed by atoms with Crippen molar-refractivity contribution in [2.24, 2.45) is 0 Å². The number of thioether (sulfide) groups is 1. The number of halogens is 3. The van der Waals surface area contributed by atoms with E-state index in [1.807, 2.05) is 24.3 Å². The number of hydrogen-bond donors (Lipinski definition) is 1. The average molecular weight is 344 g/mol. The van der Waals surface area contributed by atoms with Crippen LogP contribution in [-0.2, 0) is 4.79 Å². The zero-order chi connectivity index (χ0) is 15.2. The zero-order valence-corrected chi connectivity index (χ0v) is 13.2. The molecule has 0 aliphatic heterocycles. The molecular formula is C15H12Cl2FNOS. The van der Waals surface area contributed by atoms with Gasteiger partial charge in [0.25, 0.3) is 0 Å². The van der Waals surface area contributed by atoms with Crippen molar-refractivity contribution in [1.82, 2.24) is 0 Å². The largest absolute Gasteiger partial charge is 0.325 e. The lowest BCUT2D eigenvalue weighted by molar-refractivity contribution is -0.115. The maximum absolute atomic E-state index is 12.9. The van der Waals surface area contributed by atoms with Crippen LogP contribution in [0.1, 0.15) is 6.42 Å². The van der Waals surface area contributed by atoms with E-state index >= 15 is 0 Å². The van der Waals surface area contributed by atoms with E-state index in [4.69, 9.17) is 23.2 Å². The van der Waals surface area contributed by atoms with Crippen LogP contribution >= 0.6 is 35.0 Å². The normalized spacial score (nSPS) is 10.4. The van der Waals surface area contributed by atoms with Crippen molar-refractivity contribution < 1.29 is 9.18 Å². The summed E-state index contributed by atoms with van der Waals surface area (Å²) in [4.78, 5) is 12.8. The Balaban J connectivity index is 1.81. The first-order chi connectivity index (χ1) is 10.0. The Morgan fingerprint density at radius 1 is 1.14 bits per heavy atom. The molecule has 2 rings (SSSR count). The number of benzene rings is 2. The van der Waals surface area contributed by atoms with Gasteiger partial charge in [-0.15, -0.1) is 11.8 Å². The fraction of sp³-hybridized carbons (Fsp3) is 0.133. The number of rotatable bonds is 5. The molecule has 2 aromatic rings. The van der Waals surface area contributed by atoms with Crippen LogP contribution in [0.15, 0.2) is 47.4 Å². The molecule has 0 bridgehead atoms. The Hall–Kier alpha value is -1.23. The quantitative estimate of drug-likeness (QED) is 0.750. The van der Waals surface area contributed by atoms with Crippen molar-refractivity contribution in [3.05, 3.63) is 58.3 Å². The summed E-state index contributed by atoms with van der Waals surface area (Å²) in [5.74, 6) is 0.0352. The summed E-state index contributed by atoms with van der Waals surface area (Å²) in [5.41, 5.74) is 0.416. The van der Waals surface area contributed by atoms with Crippen molar-refractivity contribution in [2.45, 2.75) is 11.3 Å². The molecule has 0 spiro atoms. The topological polar surface area (TPSA) is 29.1 Å². The first-order valence-electron chi connectivity index (χ1n) is 6.18. The van der Waals surface area contributed by atoms with Crippen LogP contribution in [0.25, 0.3) is 0 Å². The molecule has 0 unspecified atom stereocenters. The second-order valence-corrected chi connectivity index (χ2v) is 6.24. The molecule has 0 aliphatic carbocycles. The number of anilines is 1. The highest BCUT2D eigenvalue weighted by molar-refractivity contribution is 7.99. The van der Waals surface area contributed by atoms with E-state index in [0.29, 0.717) is 22.9 Å². The van der Waals surface area contributed by atoms with Gasteiger partial charge in [0.1, 0.15) is 5.82 Å². The molecule has 6 heteroatoms. The smallest absolute Gasteiger partial charge is 0.225 e.